The zero-order valence-electron chi connectivity index (χ0n) is 9.48. The SMILES string of the molecule is CC(C)(C)C1=N/C(=C/c2cccs2)C(=O)O1. The smallest absolute Gasteiger partial charge is 0.363 e. The number of rotatable bonds is 1. The molecular formula is C12H13NO2S. The van der Waals surface area contributed by atoms with Crippen molar-refractivity contribution in [2.45, 2.75) is 20.8 Å². The molecule has 0 bridgehead atoms. The predicted molar refractivity (Wildman–Crippen MR) is 65.3 cm³/mol. The fraction of sp³-hybridized carbons (Fsp3) is 0.333. The number of hydrogen-bond donors (Lipinski definition) is 0. The van der Waals surface area contributed by atoms with E-state index in [1.165, 1.54) is 0 Å². The number of carbonyl (C=O) groups excluding carboxylic acids is 1. The highest BCUT2D eigenvalue weighted by Gasteiger charge is 2.31. The lowest BCUT2D eigenvalue weighted by molar-refractivity contribution is -0.130. The van der Waals surface area contributed by atoms with E-state index in [4.69, 9.17) is 4.74 Å². The van der Waals surface area contributed by atoms with Gasteiger partial charge in [0.05, 0.1) is 0 Å². The van der Waals surface area contributed by atoms with Gasteiger partial charge >= 0.3 is 5.97 Å². The molecule has 0 N–H and O–H groups in total. The average Bonchev–Trinajstić information content (AvgIpc) is 2.76. The molecule has 1 aromatic heterocycles. The topological polar surface area (TPSA) is 38.7 Å². The van der Waals surface area contributed by atoms with Gasteiger partial charge in [-0.25, -0.2) is 9.79 Å². The Labute approximate surface area is 98.5 Å². The van der Waals surface area contributed by atoms with Gasteiger partial charge in [-0.3, -0.25) is 0 Å². The minimum absolute atomic E-state index is 0.235. The summed E-state index contributed by atoms with van der Waals surface area (Å²) in [5.74, 6) is 0.124. The quantitative estimate of drug-likeness (QED) is 0.554. The van der Waals surface area contributed by atoms with Gasteiger partial charge < -0.3 is 4.74 Å². The van der Waals surface area contributed by atoms with Crippen molar-refractivity contribution in [1.82, 2.24) is 0 Å². The molecule has 84 valence electrons. The third-order valence-corrected chi connectivity index (χ3v) is 2.90. The monoisotopic (exact) mass is 235 g/mol. The summed E-state index contributed by atoms with van der Waals surface area (Å²) in [6.07, 6.45) is 1.76. The van der Waals surface area contributed by atoms with E-state index < -0.39 is 0 Å². The van der Waals surface area contributed by atoms with Crippen LogP contribution in [0.5, 0.6) is 0 Å². The van der Waals surface area contributed by atoms with Crippen LogP contribution in [0.15, 0.2) is 28.2 Å². The molecule has 0 atom stereocenters. The van der Waals surface area contributed by atoms with Gasteiger partial charge in [0.2, 0.25) is 5.90 Å². The summed E-state index contributed by atoms with van der Waals surface area (Å²) in [7, 11) is 0. The second-order valence-corrected chi connectivity index (χ2v) is 5.58. The van der Waals surface area contributed by atoms with Crippen molar-refractivity contribution < 1.29 is 9.53 Å². The predicted octanol–water partition coefficient (Wildman–Crippen LogP) is 3.09. The third kappa shape index (κ3) is 2.22. The first-order valence-corrected chi connectivity index (χ1v) is 5.91. The van der Waals surface area contributed by atoms with Crippen LogP contribution in [0.25, 0.3) is 6.08 Å². The molecule has 0 spiro atoms. The van der Waals surface area contributed by atoms with Crippen molar-refractivity contribution in [1.29, 1.82) is 0 Å². The van der Waals surface area contributed by atoms with E-state index in [0.717, 1.165) is 4.88 Å². The summed E-state index contributed by atoms with van der Waals surface area (Å²) in [5.41, 5.74) is 0.146. The van der Waals surface area contributed by atoms with Crippen molar-refractivity contribution >= 4 is 29.3 Å². The number of aliphatic imine (C=N–C) groups is 1. The minimum Gasteiger partial charge on any atom is -0.406 e. The molecule has 1 aliphatic rings. The Bertz CT molecular complexity index is 464. The first kappa shape index (κ1) is 11.1. The molecule has 3 nitrogen and oxygen atoms in total. The fourth-order valence-corrected chi connectivity index (χ4v) is 1.89. The van der Waals surface area contributed by atoms with Crippen LogP contribution in [0, 0.1) is 5.41 Å². The average molecular weight is 235 g/mol. The lowest BCUT2D eigenvalue weighted by Crippen LogP contribution is -2.21. The first-order chi connectivity index (χ1) is 7.47. The summed E-state index contributed by atoms with van der Waals surface area (Å²) in [4.78, 5) is 16.8. The number of cyclic esters (lactones) is 1. The Kier molecular flexibility index (Phi) is 2.68. The zero-order chi connectivity index (χ0) is 11.8. The van der Waals surface area contributed by atoms with E-state index in [1.807, 2.05) is 38.3 Å². The van der Waals surface area contributed by atoms with Crippen molar-refractivity contribution in [3.8, 4) is 0 Å². The summed E-state index contributed by atoms with van der Waals surface area (Å²) in [6.45, 7) is 5.90. The molecule has 0 amide bonds. The Morgan fingerprint density at radius 1 is 1.44 bits per heavy atom. The highest BCUT2D eigenvalue weighted by molar-refractivity contribution is 7.10. The van der Waals surface area contributed by atoms with Gasteiger partial charge in [-0.2, -0.15) is 0 Å². The normalized spacial score (nSPS) is 18.8. The Hall–Kier alpha value is -1.42. The largest absolute Gasteiger partial charge is 0.406 e. The fourth-order valence-electron chi connectivity index (χ4n) is 1.24. The first-order valence-electron chi connectivity index (χ1n) is 5.03. The molecule has 2 heterocycles. The maximum Gasteiger partial charge on any atom is 0.363 e. The molecule has 0 unspecified atom stereocenters. The van der Waals surface area contributed by atoms with Crippen LogP contribution in [-0.4, -0.2) is 11.9 Å². The molecule has 0 fully saturated rings. The van der Waals surface area contributed by atoms with E-state index in [0.29, 0.717) is 11.6 Å². The lowest BCUT2D eigenvalue weighted by atomic mass is 9.97. The van der Waals surface area contributed by atoms with E-state index in [2.05, 4.69) is 4.99 Å². The van der Waals surface area contributed by atoms with E-state index in [9.17, 15) is 4.79 Å². The second-order valence-electron chi connectivity index (χ2n) is 4.60. The molecule has 1 aromatic rings. The number of carbonyl (C=O) groups is 1. The molecular weight excluding hydrogens is 222 g/mol. The number of nitrogens with zero attached hydrogens (tertiary/aromatic N) is 1. The highest BCUT2D eigenvalue weighted by Crippen LogP contribution is 2.26. The van der Waals surface area contributed by atoms with Crippen LogP contribution in [0.4, 0.5) is 0 Å². The summed E-state index contributed by atoms with van der Waals surface area (Å²) in [5, 5.41) is 1.96. The Balaban J connectivity index is 2.31. The summed E-state index contributed by atoms with van der Waals surface area (Å²) in [6, 6.07) is 3.88. The van der Waals surface area contributed by atoms with Gasteiger partial charge in [-0.15, -0.1) is 11.3 Å². The number of esters is 1. The van der Waals surface area contributed by atoms with Gasteiger partial charge in [0.15, 0.2) is 5.70 Å². The maximum absolute atomic E-state index is 11.6. The van der Waals surface area contributed by atoms with Crippen LogP contribution in [0.3, 0.4) is 0 Å². The van der Waals surface area contributed by atoms with E-state index >= 15 is 0 Å². The zero-order valence-corrected chi connectivity index (χ0v) is 10.3. The molecule has 2 rings (SSSR count). The van der Waals surface area contributed by atoms with Crippen LogP contribution >= 0.6 is 11.3 Å². The van der Waals surface area contributed by atoms with E-state index in [-0.39, 0.29) is 11.4 Å². The second kappa shape index (κ2) is 3.87. The van der Waals surface area contributed by atoms with Crippen molar-refractivity contribution in [2.24, 2.45) is 10.4 Å². The van der Waals surface area contributed by atoms with Crippen LogP contribution in [0.2, 0.25) is 0 Å². The summed E-state index contributed by atoms with van der Waals surface area (Å²) >= 11 is 1.57. The molecule has 16 heavy (non-hydrogen) atoms. The van der Waals surface area contributed by atoms with Crippen LogP contribution < -0.4 is 0 Å². The molecule has 0 saturated carbocycles. The molecule has 0 saturated heterocycles. The van der Waals surface area contributed by atoms with E-state index in [1.54, 1.807) is 17.4 Å². The standard InChI is InChI=1S/C12H13NO2S/c1-12(2,3)11-13-9(10(14)15-11)7-8-5-4-6-16-8/h4-7H,1-3H3/b9-7+. The minimum atomic E-state index is -0.363. The van der Waals surface area contributed by atoms with Gasteiger partial charge in [-0.1, -0.05) is 26.8 Å². The van der Waals surface area contributed by atoms with Crippen molar-refractivity contribution in [3.63, 3.8) is 0 Å². The Morgan fingerprint density at radius 3 is 2.69 bits per heavy atom. The number of hydrogen-bond acceptors (Lipinski definition) is 4. The summed E-state index contributed by atoms with van der Waals surface area (Å²) < 4.78 is 5.13. The molecule has 0 radical (unpaired) electrons. The van der Waals surface area contributed by atoms with Gasteiger partial charge in [0, 0.05) is 10.3 Å². The number of ether oxygens (including phenoxy) is 1. The molecule has 0 aliphatic carbocycles. The maximum atomic E-state index is 11.6. The molecule has 4 heteroatoms. The number of thiophene rings is 1. The van der Waals surface area contributed by atoms with Crippen molar-refractivity contribution in [3.05, 3.63) is 28.1 Å². The van der Waals surface area contributed by atoms with Crippen LogP contribution in [0.1, 0.15) is 25.6 Å². The molecule has 0 aromatic carbocycles. The molecule has 1 aliphatic heterocycles. The third-order valence-electron chi connectivity index (χ3n) is 2.08. The Morgan fingerprint density at radius 2 is 2.19 bits per heavy atom. The van der Waals surface area contributed by atoms with Gasteiger partial charge in [0.1, 0.15) is 0 Å². The van der Waals surface area contributed by atoms with Crippen LogP contribution in [-0.2, 0) is 9.53 Å². The van der Waals surface area contributed by atoms with Crippen molar-refractivity contribution in [2.75, 3.05) is 0 Å². The van der Waals surface area contributed by atoms with Gasteiger partial charge in [0.25, 0.3) is 0 Å². The van der Waals surface area contributed by atoms with Gasteiger partial charge in [-0.05, 0) is 17.5 Å². The highest BCUT2D eigenvalue weighted by atomic mass is 32.1. The lowest BCUT2D eigenvalue weighted by Gasteiger charge is -2.15.